The molecule has 7 nitrogen and oxygen atoms in total. The van der Waals surface area contributed by atoms with Crippen molar-refractivity contribution in [3.63, 3.8) is 0 Å². The minimum absolute atomic E-state index is 0.241. The van der Waals surface area contributed by atoms with E-state index in [9.17, 15) is 14.4 Å². The second-order valence-corrected chi connectivity index (χ2v) is 5.61. The third-order valence-corrected chi connectivity index (χ3v) is 3.63. The number of hydrogen-bond acceptors (Lipinski definition) is 4. The maximum Gasteiger partial charge on any atom is 0.322 e. The summed E-state index contributed by atoms with van der Waals surface area (Å²) in [5.41, 5.74) is 0. The van der Waals surface area contributed by atoms with E-state index in [1.807, 2.05) is 0 Å². The lowest BCUT2D eigenvalue weighted by Gasteiger charge is -2.13. The number of aliphatic carboxylic acids is 1. The Hall–Kier alpha value is -1.80. The number of hydrogen-bond donors (Lipinski definition) is 4. The molecule has 110 valence electrons. The van der Waals surface area contributed by atoms with Crippen molar-refractivity contribution in [3.8, 4) is 0 Å². The lowest BCUT2D eigenvalue weighted by Crippen LogP contribution is -2.43. The highest BCUT2D eigenvalue weighted by Crippen LogP contribution is 2.26. The molecular formula is C11H14ClN3O4S. The summed E-state index contributed by atoms with van der Waals surface area (Å²) >= 11 is 7.15. The van der Waals surface area contributed by atoms with Crippen molar-refractivity contribution in [2.75, 3.05) is 13.1 Å². The molecule has 0 aliphatic carbocycles. The molecule has 0 saturated carbocycles. The fourth-order valence-corrected chi connectivity index (χ4v) is 2.34. The van der Waals surface area contributed by atoms with Gasteiger partial charge in [0.05, 0.1) is 16.9 Å². The number of carbonyl (C=O) groups is 3. The fourth-order valence-electron chi connectivity index (χ4n) is 1.28. The third kappa shape index (κ3) is 5.89. The van der Waals surface area contributed by atoms with Gasteiger partial charge in [-0.05, 0) is 19.1 Å². The smallest absolute Gasteiger partial charge is 0.322 e. The zero-order chi connectivity index (χ0) is 15.1. The second kappa shape index (κ2) is 7.71. The van der Waals surface area contributed by atoms with E-state index in [1.165, 1.54) is 11.3 Å². The van der Waals surface area contributed by atoms with Gasteiger partial charge in [0, 0.05) is 4.88 Å². The molecule has 0 radical (unpaired) electrons. The largest absolute Gasteiger partial charge is 0.480 e. The number of thiophene rings is 1. The zero-order valence-electron chi connectivity index (χ0n) is 10.6. The molecule has 9 heteroatoms. The molecule has 1 unspecified atom stereocenters. The first-order valence-electron chi connectivity index (χ1n) is 5.66. The summed E-state index contributed by atoms with van der Waals surface area (Å²) in [6.45, 7) is 1.01. The second-order valence-electron chi connectivity index (χ2n) is 3.86. The SMILES string of the molecule is CC(NC(=O)NCC(=O)NCC(=O)O)c1ccc(Cl)s1. The van der Waals surface area contributed by atoms with E-state index >= 15 is 0 Å². The van der Waals surface area contributed by atoms with Crippen molar-refractivity contribution in [3.05, 3.63) is 21.3 Å². The van der Waals surface area contributed by atoms with Gasteiger partial charge in [0.15, 0.2) is 0 Å². The number of amides is 3. The maximum absolute atomic E-state index is 11.5. The number of nitrogens with one attached hydrogen (secondary N) is 3. The first-order valence-corrected chi connectivity index (χ1v) is 6.86. The Kier molecular flexibility index (Phi) is 6.26. The first-order chi connectivity index (χ1) is 9.38. The monoisotopic (exact) mass is 319 g/mol. The maximum atomic E-state index is 11.5. The average molecular weight is 320 g/mol. The average Bonchev–Trinajstić information content (AvgIpc) is 2.80. The zero-order valence-corrected chi connectivity index (χ0v) is 12.2. The van der Waals surface area contributed by atoms with Crippen LogP contribution in [0.5, 0.6) is 0 Å². The summed E-state index contributed by atoms with van der Waals surface area (Å²) in [6.07, 6.45) is 0. The standard InChI is InChI=1S/C11H14ClN3O4S/c1-6(7-2-3-8(12)20-7)15-11(19)14-4-9(16)13-5-10(17)18/h2-3,6H,4-5H2,1H3,(H,13,16)(H,17,18)(H2,14,15,19). The molecule has 0 aromatic carbocycles. The van der Waals surface area contributed by atoms with Crippen molar-refractivity contribution in [1.82, 2.24) is 16.0 Å². The molecular weight excluding hydrogens is 306 g/mol. The molecule has 1 aromatic rings. The van der Waals surface area contributed by atoms with Crippen LogP contribution in [-0.2, 0) is 9.59 Å². The lowest BCUT2D eigenvalue weighted by molar-refractivity contribution is -0.137. The van der Waals surface area contributed by atoms with Gasteiger partial charge in [-0.3, -0.25) is 9.59 Å². The van der Waals surface area contributed by atoms with Crippen LogP contribution >= 0.6 is 22.9 Å². The van der Waals surface area contributed by atoms with Crippen LogP contribution in [-0.4, -0.2) is 36.1 Å². The Balaban J connectivity index is 2.29. The Morgan fingerprint density at radius 3 is 2.55 bits per heavy atom. The van der Waals surface area contributed by atoms with Crippen molar-refractivity contribution in [2.45, 2.75) is 13.0 Å². The van der Waals surface area contributed by atoms with Gasteiger partial charge in [0.1, 0.15) is 6.54 Å². The van der Waals surface area contributed by atoms with Crippen molar-refractivity contribution >= 4 is 40.8 Å². The minimum Gasteiger partial charge on any atom is -0.480 e. The van der Waals surface area contributed by atoms with Gasteiger partial charge in [-0.2, -0.15) is 0 Å². The van der Waals surface area contributed by atoms with Crippen LogP contribution in [0.1, 0.15) is 17.8 Å². The normalized spacial score (nSPS) is 11.5. The van der Waals surface area contributed by atoms with Crippen molar-refractivity contribution < 1.29 is 19.5 Å². The van der Waals surface area contributed by atoms with E-state index in [4.69, 9.17) is 16.7 Å². The Bertz CT molecular complexity index is 506. The Morgan fingerprint density at radius 1 is 1.30 bits per heavy atom. The molecule has 1 aromatic heterocycles. The van der Waals surface area contributed by atoms with Crippen LogP contribution in [0.25, 0.3) is 0 Å². The fraction of sp³-hybridized carbons (Fsp3) is 0.364. The van der Waals surface area contributed by atoms with Crippen LogP contribution in [0, 0.1) is 0 Å². The minimum atomic E-state index is -1.15. The van der Waals surface area contributed by atoms with Crippen LogP contribution in [0.2, 0.25) is 4.34 Å². The summed E-state index contributed by atoms with van der Waals surface area (Å²) in [7, 11) is 0. The van der Waals surface area contributed by atoms with Crippen LogP contribution in [0.4, 0.5) is 4.79 Å². The van der Waals surface area contributed by atoms with E-state index in [0.29, 0.717) is 4.34 Å². The van der Waals surface area contributed by atoms with Gasteiger partial charge in [0.25, 0.3) is 0 Å². The molecule has 3 amide bonds. The summed E-state index contributed by atoms with van der Waals surface area (Å²) in [4.78, 5) is 33.8. The predicted molar refractivity (Wildman–Crippen MR) is 74.9 cm³/mol. The van der Waals surface area contributed by atoms with Crippen LogP contribution in [0.3, 0.4) is 0 Å². The number of carbonyl (C=O) groups excluding carboxylic acids is 2. The summed E-state index contributed by atoms with van der Waals surface area (Å²) in [5.74, 6) is -1.72. The van der Waals surface area contributed by atoms with Gasteiger partial charge >= 0.3 is 12.0 Å². The van der Waals surface area contributed by atoms with E-state index < -0.39 is 24.5 Å². The van der Waals surface area contributed by atoms with Gasteiger partial charge < -0.3 is 21.1 Å². The van der Waals surface area contributed by atoms with Crippen LogP contribution in [0.15, 0.2) is 12.1 Å². The molecule has 0 aliphatic heterocycles. The summed E-state index contributed by atoms with van der Waals surface area (Å²) in [6, 6.07) is 2.77. The Morgan fingerprint density at radius 2 is 2.00 bits per heavy atom. The number of urea groups is 1. The highest BCUT2D eigenvalue weighted by molar-refractivity contribution is 7.16. The molecule has 1 atom stereocenters. The molecule has 0 spiro atoms. The quantitative estimate of drug-likeness (QED) is 0.626. The molecule has 0 fully saturated rings. The third-order valence-electron chi connectivity index (χ3n) is 2.21. The highest BCUT2D eigenvalue weighted by Gasteiger charge is 2.12. The van der Waals surface area contributed by atoms with E-state index in [0.717, 1.165) is 4.88 Å². The molecule has 20 heavy (non-hydrogen) atoms. The van der Waals surface area contributed by atoms with Gasteiger partial charge in [0.2, 0.25) is 5.91 Å². The Labute approximate surface area is 124 Å². The molecule has 0 aliphatic rings. The number of halogens is 1. The van der Waals surface area contributed by atoms with E-state index in [1.54, 1.807) is 19.1 Å². The molecule has 0 saturated heterocycles. The lowest BCUT2D eigenvalue weighted by atomic mass is 10.3. The number of carboxylic acids is 1. The molecule has 1 rings (SSSR count). The van der Waals surface area contributed by atoms with E-state index in [-0.39, 0.29) is 12.6 Å². The predicted octanol–water partition coefficient (Wildman–Crippen LogP) is 0.963. The number of rotatable bonds is 6. The van der Waals surface area contributed by atoms with Crippen LogP contribution < -0.4 is 16.0 Å². The number of carboxylic acid groups (broad SMARTS) is 1. The first kappa shape index (κ1) is 16.3. The summed E-state index contributed by atoms with van der Waals surface area (Å²) in [5, 5.41) is 15.5. The topological polar surface area (TPSA) is 108 Å². The molecule has 1 heterocycles. The summed E-state index contributed by atoms with van der Waals surface area (Å²) < 4.78 is 0.627. The van der Waals surface area contributed by atoms with Gasteiger partial charge in [-0.15, -0.1) is 11.3 Å². The van der Waals surface area contributed by atoms with Gasteiger partial charge in [-0.25, -0.2) is 4.79 Å². The van der Waals surface area contributed by atoms with Gasteiger partial charge in [-0.1, -0.05) is 11.6 Å². The van der Waals surface area contributed by atoms with Crippen molar-refractivity contribution in [2.24, 2.45) is 0 Å². The van der Waals surface area contributed by atoms with Crippen molar-refractivity contribution in [1.29, 1.82) is 0 Å². The molecule has 0 bridgehead atoms. The van der Waals surface area contributed by atoms with E-state index in [2.05, 4.69) is 16.0 Å². The highest BCUT2D eigenvalue weighted by atomic mass is 35.5. The molecule has 4 N–H and O–H groups in total.